The van der Waals surface area contributed by atoms with Crippen molar-refractivity contribution in [3.63, 3.8) is 0 Å². The summed E-state index contributed by atoms with van der Waals surface area (Å²) in [5.74, 6) is -0.0913. The van der Waals surface area contributed by atoms with Gasteiger partial charge >= 0.3 is 0 Å². The highest BCUT2D eigenvalue weighted by molar-refractivity contribution is 7.90. The number of hydrogen-bond donors (Lipinski definition) is 2. The Labute approximate surface area is 118 Å². The molecule has 6 nitrogen and oxygen atoms in total. The Bertz CT molecular complexity index is 590. The molecule has 110 valence electrons. The van der Waals surface area contributed by atoms with E-state index >= 15 is 0 Å². The van der Waals surface area contributed by atoms with Crippen LogP contribution < -0.4 is 10.6 Å². The van der Waals surface area contributed by atoms with Crippen molar-refractivity contribution < 1.29 is 13.2 Å². The molecule has 0 bridgehead atoms. The van der Waals surface area contributed by atoms with Crippen LogP contribution in [0.1, 0.15) is 26.2 Å². The fraction of sp³-hybridized carbons (Fsp3) is 0.538. The maximum Gasteiger partial charge on any atom is 0.244 e. The predicted molar refractivity (Wildman–Crippen MR) is 76.2 cm³/mol. The molecule has 2 N–H and O–H groups in total. The molecule has 0 radical (unpaired) electrons. The van der Waals surface area contributed by atoms with E-state index in [2.05, 4.69) is 15.6 Å². The zero-order chi connectivity index (χ0) is 14.8. The molecular weight excluding hydrogens is 278 g/mol. The predicted octanol–water partition coefficient (Wildman–Crippen LogP) is 0.956. The highest BCUT2D eigenvalue weighted by Gasteiger charge is 2.39. The standard InChI is InChI=1S/C13H19N3O3S/c1-3-13(7-4-8-15-13)12(17)16-10-5-6-11(14-9-10)20(2,18)19/h5-6,9,15H,3-4,7-8H2,1-2H3,(H,16,17). The van der Waals surface area contributed by atoms with Crippen LogP contribution in [-0.2, 0) is 14.6 Å². The first-order valence-electron chi connectivity index (χ1n) is 6.60. The van der Waals surface area contributed by atoms with E-state index in [1.54, 1.807) is 6.07 Å². The van der Waals surface area contributed by atoms with Crippen molar-refractivity contribution in [3.8, 4) is 0 Å². The second kappa shape index (κ2) is 5.49. The molecule has 0 spiro atoms. The van der Waals surface area contributed by atoms with Crippen LogP contribution in [-0.4, -0.2) is 37.6 Å². The Hall–Kier alpha value is -1.47. The monoisotopic (exact) mass is 297 g/mol. The van der Waals surface area contributed by atoms with Gasteiger partial charge in [0.25, 0.3) is 0 Å². The second-order valence-electron chi connectivity index (χ2n) is 5.08. The number of carbonyl (C=O) groups excluding carboxylic acids is 1. The number of carbonyl (C=O) groups is 1. The zero-order valence-electron chi connectivity index (χ0n) is 11.6. The average molecular weight is 297 g/mol. The van der Waals surface area contributed by atoms with Crippen molar-refractivity contribution in [2.75, 3.05) is 18.1 Å². The van der Waals surface area contributed by atoms with Gasteiger partial charge in [-0.05, 0) is 37.9 Å². The second-order valence-corrected chi connectivity index (χ2v) is 7.04. The van der Waals surface area contributed by atoms with Crippen molar-refractivity contribution in [1.82, 2.24) is 10.3 Å². The van der Waals surface area contributed by atoms with Crippen LogP contribution in [0.25, 0.3) is 0 Å². The summed E-state index contributed by atoms with van der Waals surface area (Å²) in [5.41, 5.74) is -0.0147. The summed E-state index contributed by atoms with van der Waals surface area (Å²) in [6.45, 7) is 2.81. The van der Waals surface area contributed by atoms with Crippen molar-refractivity contribution in [2.45, 2.75) is 36.8 Å². The lowest BCUT2D eigenvalue weighted by atomic mass is 9.93. The first kappa shape index (κ1) is 14.9. The van der Waals surface area contributed by atoms with Gasteiger partial charge in [0.2, 0.25) is 5.91 Å². The molecule has 1 aliphatic heterocycles. The molecule has 1 aromatic heterocycles. The van der Waals surface area contributed by atoms with Crippen LogP contribution in [0, 0.1) is 0 Å². The number of nitrogens with zero attached hydrogens (tertiary/aromatic N) is 1. The summed E-state index contributed by atoms with van der Waals surface area (Å²) < 4.78 is 22.6. The van der Waals surface area contributed by atoms with Gasteiger partial charge in [-0.25, -0.2) is 13.4 Å². The SMILES string of the molecule is CCC1(C(=O)Nc2ccc(S(C)(=O)=O)nc2)CCCN1. The first-order chi connectivity index (χ1) is 9.37. The Morgan fingerprint density at radius 1 is 1.50 bits per heavy atom. The summed E-state index contributed by atoms with van der Waals surface area (Å²) in [7, 11) is -3.32. The third-order valence-corrected chi connectivity index (χ3v) is 4.66. The average Bonchev–Trinajstić information content (AvgIpc) is 2.88. The van der Waals surface area contributed by atoms with E-state index in [4.69, 9.17) is 0 Å². The molecule has 20 heavy (non-hydrogen) atoms. The Balaban J connectivity index is 2.12. The maximum absolute atomic E-state index is 12.3. The molecule has 1 aliphatic rings. The molecule has 0 aliphatic carbocycles. The highest BCUT2D eigenvalue weighted by Crippen LogP contribution is 2.24. The molecule has 1 amide bonds. The van der Waals surface area contributed by atoms with E-state index in [0.717, 1.165) is 25.6 Å². The van der Waals surface area contributed by atoms with Crippen molar-refractivity contribution in [1.29, 1.82) is 0 Å². The number of sulfone groups is 1. The van der Waals surface area contributed by atoms with Gasteiger partial charge in [0, 0.05) is 6.26 Å². The summed E-state index contributed by atoms with van der Waals surface area (Å²) in [4.78, 5) is 16.2. The van der Waals surface area contributed by atoms with Crippen LogP contribution in [0.3, 0.4) is 0 Å². The molecule has 1 atom stereocenters. The van der Waals surface area contributed by atoms with E-state index < -0.39 is 15.4 Å². The van der Waals surface area contributed by atoms with Crippen LogP contribution in [0.2, 0.25) is 0 Å². The molecule has 2 rings (SSSR count). The fourth-order valence-electron chi connectivity index (χ4n) is 2.39. The molecule has 1 aromatic rings. The number of pyridine rings is 1. The number of rotatable bonds is 4. The summed E-state index contributed by atoms with van der Waals surface area (Å²) in [5, 5.41) is 6.04. The highest BCUT2D eigenvalue weighted by atomic mass is 32.2. The van der Waals surface area contributed by atoms with Gasteiger partial charge in [-0.15, -0.1) is 0 Å². The largest absolute Gasteiger partial charge is 0.323 e. The Morgan fingerprint density at radius 2 is 2.25 bits per heavy atom. The minimum Gasteiger partial charge on any atom is -0.323 e. The normalized spacial score (nSPS) is 22.7. The Kier molecular flexibility index (Phi) is 4.10. The van der Waals surface area contributed by atoms with Gasteiger partial charge in [-0.2, -0.15) is 0 Å². The van der Waals surface area contributed by atoms with Crippen LogP contribution >= 0.6 is 0 Å². The lowest BCUT2D eigenvalue weighted by molar-refractivity contribution is -0.122. The van der Waals surface area contributed by atoms with E-state index in [9.17, 15) is 13.2 Å². The quantitative estimate of drug-likeness (QED) is 0.864. The van der Waals surface area contributed by atoms with Gasteiger partial charge in [-0.1, -0.05) is 6.92 Å². The van der Waals surface area contributed by atoms with Gasteiger partial charge in [-0.3, -0.25) is 4.79 Å². The maximum atomic E-state index is 12.3. The van der Waals surface area contributed by atoms with Crippen molar-refractivity contribution in [2.24, 2.45) is 0 Å². The zero-order valence-corrected chi connectivity index (χ0v) is 12.5. The Morgan fingerprint density at radius 3 is 2.70 bits per heavy atom. The lowest BCUT2D eigenvalue weighted by Gasteiger charge is -2.26. The number of hydrogen-bond acceptors (Lipinski definition) is 5. The molecule has 7 heteroatoms. The van der Waals surface area contributed by atoms with Gasteiger partial charge in [0.05, 0.1) is 17.4 Å². The minimum atomic E-state index is -3.32. The number of nitrogens with one attached hydrogen (secondary N) is 2. The van der Waals surface area contributed by atoms with Crippen molar-refractivity contribution >= 4 is 21.4 Å². The summed E-state index contributed by atoms with van der Waals surface area (Å²) in [6.07, 6.45) is 4.97. The lowest BCUT2D eigenvalue weighted by Crippen LogP contribution is -2.50. The number of anilines is 1. The van der Waals surface area contributed by atoms with Crippen molar-refractivity contribution in [3.05, 3.63) is 18.3 Å². The van der Waals surface area contributed by atoms with Crippen LogP contribution in [0.15, 0.2) is 23.4 Å². The van der Waals surface area contributed by atoms with E-state index in [1.165, 1.54) is 12.3 Å². The molecule has 1 fully saturated rings. The summed E-state index contributed by atoms with van der Waals surface area (Å²) in [6, 6.07) is 2.95. The number of amides is 1. The van der Waals surface area contributed by atoms with Gasteiger partial charge < -0.3 is 10.6 Å². The van der Waals surface area contributed by atoms with E-state index in [-0.39, 0.29) is 10.9 Å². The van der Waals surface area contributed by atoms with E-state index in [0.29, 0.717) is 12.1 Å². The first-order valence-corrected chi connectivity index (χ1v) is 8.49. The topological polar surface area (TPSA) is 88.2 Å². The molecule has 2 heterocycles. The fourth-order valence-corrected chi connectivity index (χ4v) is 2.95. The van der Waals surface area contributed by atoms with E-state index in [1.807, 2.05) is 6.92 Å². The third-order valence-electron chi connectivity index (χ3n) is 3.66. The summed E-state index contributed by atoms with van der Waals surface area (Å²) >= 11 is 0. The third kappa shape index (κ3) is 2.99. The molecule has 0 saturated carbocycles. The molecule has 0 aromatic carbocycles. The van der Waals surface area contributed by atoms with Crippen LogP contribution in [0.5, 0.6) is 0 Å². The minimum absolute atomic E-state index is 0.000282. The molecular formula is C13H19N3O3S. The van der Waals surface area contributed by atoms with Gasteiger partial charge in [0.1, 0.15) is 0 Å². The molecule has 1 unspecified atom stereocenters. The van der Waals surface area contributed by atoms with Gasteiger partial charge in [0.15, 0.2) is 14.9 Å². The molecule has 1 saturated heterocycles. The van der Waals surface area contributed by atoms with Crippen LogP contribution in [0.4, 0.5) is 5.69 Å². The number of aromatic nitrogens is 1. The smallest absolute Gasteiger partial charge is 0.244 e.